The van der Waals surface area contributed by atoms with Crippen LogP contribution in [0.3, 0.4) is 0 Å². The van der Waals surface area contributed by atoms with Crippen LogP contribution in [0.4, 0.5) is 0 Å². The lowest BCUT2D eigenvalue weighted by atomic mass is 10.0. The van der Waals surface area contributed by atoms with Gasteiger partial charge in [0.2, 0.25) is 0 Å². The van der Waals surface area contributed by atoms with Crippen LogP contribution in [-0.4, -0.2) is 11.2 Å². The van der Waals surface area contributed by atoms with E-state index in [0.717, 1.165) is 11.1 Å². The number of aliphatic hydroxyl groups excluding tert-OH is 1. The van der Waals surface area contributed by atoms with Gasteiger partial charge in [-0.05, 0) is 64.4 Å². The summed E-state index contributed by atoms with van der Waals surface area (Å²) in [7, 11) is 0. The fraction of sp³-hybridized carbons (Fsp3) is 0.200. The summed E-state index contributed by atoms with van der Waals surface area (Å²) in [5, 5.41) is 11.3. The lowest BCUT2D eigenvalue weighted by molar-refractivity contribution is 0.175. The van der Waals surface area contributed by atoms with Crippen molar-refractivity contribution in [3.05, 3.63) is 67.2 Å². The summed E-state index contributed by atoms with van der Waals surface area (Å²) < 4.78 is 1.19. The van der Waals surface area contributed by atoms with Gasteiger partial charge >= 0.3 is 0 Å². The zero-order chi connectivity index (χ0) is 13.8. The molecule has 0 spiro atoms. The number of benzene rings is 2. The zero-order valence-electron chi connectivity index (χ0n) is 10.1. The van der Waals surface area contributed by atoms with E-state index < -0.39 is 6.10 Å². The van der Waals surface area contributed by atoms with Gasteiger partial charge in [0.25, 0.3) is 0 Å². The minimum Gasteiger partial charge on any atom is -0.392 e. The van der Waals surface area contributed by atoms with Crippen molar-refractivity contribution in [1.29, 1.82) is 0 Å². The highest BCUT2D eigenvalue weighted by atomic mass is 127. The highest BCUT2D eigenvalue weighted by Crippen LogP contribution is 2.22. The molecule has 100 valence electrons. The van der Waals surface area contributed by atoms with Gasteiger partial charge in [-0.1, -0.05) is 41.4 Å². The molecule has 1 atom stereocenters. The molecule has 0 aliphatic heterocycles. The molecule has 0 bridgehead atoms. The van der Waals surface area contributed by atoms with Crippen molar-refractivity contribution in [2.45, 2.75) is 18.9 Å². The molecule has 0 heterocycles. The van der Waals surface area contributed by atoms with Crippen molar-refractivity contribution in [2.75, 3.05) is 0 Å². The van der Waals surface area contributed by atoms with E-state index in [-0.39, 0.29) is 0 Å². The smallest absolute Gasteiger partial charge is 0.0621 e. The first-order valence-corrected chi connectivity index (χ1v) is 7.74. The molecule has 0 aliphatic carbocycles. The SMILES string of the molecule is OC(Cc1ccc(I)cc1)Cc1ccc(Cl)cc1Cl. The van der Waals surface area contributed by atoms with Gasteiger partial charge in [0.05, 0.1) is 6.10 Å². The quantitative estimate of drug-likeness (QED) is 0.726. The molecule has 1 unspecified atom stereocenters. The third kappa shape index (κ3) is 4.63. The van der Waals surface area contributed by atoms with Crippen LogP contribution in [-0.2, 0) is 12.8 Å². The number of halogens is 3. The fourth-order valence-electron chi connectivity index (χ4n) is 1.91. The average molecular weight is 407 g/mol. The van der Waals surface area contributed by atoms with Gasteiger partial charge in [-0.15, -0.1) is 0 Å². The Labute approximate surface area is 136 Å². The first kappa shape index (κ1) is 15.1. The van der Waals surface area contributed by atoms with Crippen LogP contribution in [0.25, 0.3) is 0 Å². The molecule has 0 aliphatic rings. The lowest BCUT2D eigenvalue weighted by Crippen LogP contribution is -2.14. The molecule has 0 radical (unpaired) electrons. The van der Waals surface area contributed by atoms with Crippen LogP contribution in [0.1, 0.15) is 11.1 Å². The van der Waals surface area contributed by atoms with Crippen LogP contribution in [0.2, 0.25) is 10.0 Å². The summed E-state index contributed by atoms with van der Waals surface area (Å²) in [6, 6.07) is 13.5. The molecule has 1 nitrogen and oxygen atoms in total. The van der Waals surface area contributed by atoms with Crippen molar-refractivity contribution >= 4 is 45.8 Å². The molecule has 4 heteroatoms. The van der Waals surface area contributed by atoms with Crippen LogP contribution >= 0.6 is 45.8 Å². The molecule has 2 rings (SSSR count). The summed E-state index contributed by atoms with van der Waals surface area (Å²) in [6.07, 6.45) is 0.705. The van der Waals surface area contributed by atoms with Gasteiger partial charge < -0.3 is 5.11 Å². The number of hydrogen-bond acceptors (Lipinski definition) is 1. The van der Waals surface area contributed by atoms with Gasteiger partial charge in [-0.2, -0.15) is 0 Å². The van der Waals surface area contributed by atoms with E-state index in [1.807, 2.05) is 30.3 Å². The van der Waals surface area contributed by atoms with E-state index >= 15 is 0 Å². The molecule has 0 fully saturated rings. The monoisotopic (exact) mass is 406 g/mol. The van der Waals surface area contributed by atoms with E-state index in [1.54, 1.807) is 12.1 Å². The predicted octanol–water partition coefficient (Wildman–Crippen LogP) is 4.74. The number of aliphatic hydroxyl groups is 1. The van der Waals surface area contributed by atoms with Gasteiger partial charge in [-0.3, -0.25) is 0 Å². The summed E-state index contributed by atoms with van der Waals surface area (Å²) in [5.74, 6) is 0. The molecule has 0 aromatic heterocycles. The highest BCUT2D eigenvalue weighted by Gasteiger charge is 2.10. The summed E-state index contributed by atoms with van der Waals surface area (Å²) in [4.78, 5) is 0. The second kappa shape index (κ2) is 6.93. The van der Waals surface area contributed by atoms with Crippen LogP contribution in [0, 0.1) is 3.57 Å². The van der Waals surface area contributed by atoms with Gasteiger partial charge in [-0.25, -0.2) is 0 Å². The maximum atomic E-state index is 10.1. The molecule has 0 saturated carbocycles. The lowest BCUT2D eigenvalue weighted by Gasteiger charge is -2.12. The van der Waals surface area contributed by atoms with E-state index in [2.05, 4.69) is 22.6 Å². The first-order valence-electron chi connectivity index (χ1n) is 5.91. The molecule has 0 amide bonds. The molecular formula is C15H13Cl2IO. The van der Waals surface area contributed by atoms with E-state index in [4.69, 9.17) is 23.2 Å². The minimum absolute atomic E-state index is 0.446. The van der Waals surface area contributed by atoms with Crippen LogP contribution in [0.15, 0.2) is 42.5 Å². The maximum absolute atomic E-state index is 10.1. The third-order valence-corrected chi connectivity index (χ3v) is 4.16. The second-order valence-electron chi connectivity index (χ2n) is 4.42. The Balaban J connectivity index is 2.01. The average Bonchev–Trinajstić information content (AvgIpc) is 2.36. The number of rotatable bonds is 4. The Morgan fingerprint density at radius 3 is 2.32 bits per heavy atom. The van der Waals surface area contributed by atoms with Crippen molar-refractivity contribution in [3.63, 3.8) is 0 Å². The predicted molar refractivity (Wildman–Crippen MR) is 89.0 cm³/mol. The standard InChI is InChI=1S/C15H13Cl2IO/c16-12-4-3-11(15(17)9-12)8-14(19)7-10-1-5-13(18)6-2-10/h1-6,9,14,19H,7-8H2. The Kier molecular flexibility index (Phi) is 5.51. The van der Waals surface area contributed by atoms with Gasteiger partial charge in [0.1, 0.15) is 0 Å². The van der Waals surface area contributed by atoms with E-state index in [0.29, 0.717) is 22.9 Å². The van der Waals surface area contributed by atoms with Gasteiger partial charge in [0.15, 0.2) is 0 Å². The minimum atomic E-state index is -0.446. The zero-order valence-corrected chi connectivity index (χ0v) is 13.8. The largest absolute Gasteiger partial charge is 0.392 e. The fourth-order valence-corrected chi connectivity index (χ4v) is 2.75. The molecule has 1 N–H and O–H groups in total. The summed E-state index contributed by atoms with van der Waals surface area (Å²) >= 11 is 14.2. The molecule has 0 saturated heterocycles. The summed E-state index contributed by atoms with van der Waals surface area (Å²) in [6.45, 7) is 0. The molecule has 2 aromatic carbocycles. The molecular weight excluding hydrogens is 394 g/mol. The highest BCUT2D eigenvalue weighted by molar-refractivity contribution is 14.1. The Bertz CT molecular complexity index is 555. The van der Waals surface area contributed by atoms with Crippen molar-refractivity contribution in [2.24, 2.45) is 0 Å². The Hall–Kier alpha value is -0.290. The Morgan fingerprint density at radius 2 is 1.68 bits per heavy atom. The molecule has 2 aromatic rings. The second-order valence-corrected chi connectivity index (χ2v) is 6.51. The van der Waals surface area contributed by atoms with Crippen LogP contribution in [0.5, 0.6) is 0 Å². The number of hydrogen-bond donors (Lipinski definition) is 1. The normalized spacial score (nSPS) is 12.4. The van der Waals surface area contributed by atoms with Crippen molar-refractivity contribution in [3.8, 4) is 0 Å². The third-order valence-electron chi connectivity index (χ3n) is 2.86. The summed E-state index contributed by atoms with van der Waals surface area (Å²) in [5.41, 5.74) is 2.04. The van der Waals surface area contributed by atoms with Crippen LogP contribution < -0.4 is 0 Å². The Morgan fingerprint density at radius 1 is 1.00 bits per heavy atom. The van der Waals surface area contributed by atoms with Gasteiger partial charge in [0, 0.05) is 20.0 Å². The molecule has 19 heavy (non-hydrogen) atoms. The van der Waals surface area contributed by atoms with Crippen molar-refractivity contribution < 1.29 is 5.11 Å². The van der Waals surface area contributed by atoms with E-state index in [1.165, 1.54) is 3.57 Å². The maximum Gasteiger partial charge on any atom is 0.0621 e. The van der Waals surface area contributed by atoms with Crippen molar-refractivity contribution in [1.82, 2.24) is 0 Å². The topological polar surface area (TPSA) is 20.2 Å². The first-order chi connectivity index (χ1) is 9.04. The van der Waals surface area contributed by atoms with E-state index in [9.17, 15) is 5.11 Å².